The van der Waals surface area contributed by atoms with Crippen molar-refractivity contribution in [1.82, 2.24) is 0 Å². The van der Waals surface area contributed by atoms with Crippen LogP contribution in [0.3, 0.4) is 0 Å². The highest BCUT2D eigenvalue weighted by Crippen LogP contribution is 2.58. The number of hydrogen-bond donors (Lipinski definition) is 1. The van der Waals surface area contributed by atoms with Gasteiger partial charge in [-0.15, -0.1) is 0 Å². The summed E-state index contributed by atoms with van der Waals surface area (Å²) in [7, 11) is 0. The van der Waals surface area contributed by atoms with Gasteiger partial charge in [-0.1, -0.05) is 36.8 Å². The van der Waals surface area contributed by atoms with E-state index in [1.165, 1.54) is 36.0 Å². The van der Waals surface area contributed by atoms with Gasteiger partial charge in [0.05, 0.1) is 6.10 Å². The summed E-state index contributed by atoms with van der Waals surface area (Å²) >= 11 is 0. The Morgan fingerprint density at radius 3 is 2.90 bits per heavy atom. The van der Waals surface area contributed by atoms with Crippen LogP contribution in [0.1, 0.15) is 49.3 Å². The fourth-order valence-electron chi connectivity index (χ4n) is 5.08. The van der Waals surface area contributed by atoms with E-state index in [4.69, 9.17) is 0 Å². The molecule has 3 aliphatic rings. The first kappa shape index (κ1) is 12.6. The molecule has 1 aromatic carbocycles. The molecule has 0 aromatic heterocycles. The molecule has 0 bridgehead atoms. The lowest BCUT2D eigenvalue weighted by atomic mass is 9.60. The Hall–Kier alpha value is -1.08. The number of aryl methyl sites for hydroxylation is 2. The summed E-state index contributed by atoms with van der Waals surface area (Å²) in [4.78, 5) is 0. The molecule has 4 rings (SSSR count). The van der Waals surface area contributed by atoms with E-state index in [1.807, 2.05) is 0 Å². The molecular weight excluding hydrogens is 244 g/mol. The molecule has 1 aromatic rings. The van der Waals surface area contributed by atoms with Crippen molar-refractivity contribution < 1.29 is 5.11 Å². The molecular formula is C19H24O. The molecule has 1 N–H and O–H groups in total. The van der Waals surface area contributed by atoms with Gasteiger partial charge in [-0.05, 0) is 67.6 Å². The number of aliphatic hydroxyl groups is 1. The van der Waals surface area contributed by atoms with Gasteiger partial charge < -0.3 is 5.11 Å². The quantitative estimate of drug-likeness (QED) is 0.750. The maximum absolute atomic E-state index is 10.4. The van der Waals surface area contributed by atoms with Gasteiger partial charge in [-0.3, -0.25) is 0 Å². The van der Waals surface area contributed by atoms with Crippen molar-refractivity contribution in [2.24, 2.45) is 17.3 Å². The summed E-state index contributed by atoms with van der Waals surface area (Å²) in [6.45, 7) is 4.50. The Balaban J connectivity index is 1.79. The van der Waals surface area contributed by atoms with Crippen LogP contribution in [-0.4, -0.2) is 11.2 Å². The highest BCUT2D eigenvalue weighted by Gasteiger charge is 2.51. The molecule has 0 aliphatic heterocycles. The van der Waals surface area contributed by atoms with Crippen LogP contribution in [0.4, 0.5) is 0 Å². The van der Waals surface area contributed by atoms with Gasteiger partial charge in [0.2, 0.25) is 0 Å². The van der Waals surface area contributed by atoms with E-state index < -0.39 is 0 Å². The van der Waals surface area contributed by atoms with Gasteiger partial charge in [-0.2, -0.15) is 0 Å². The molecule has 20 heavy (non-hydrogen) atoms. The Morgan fingerprint density at radius 2 is 2.05 bits per heavy atom. The van der Waals surface area contributed by atoms with E-state index in [-0.39, 0.29) is 11.5 Å². The molecule has 0 spiro atoms. The average Bonchev–Trinajstić information content (AvgIpc) is 2.74. The zero-order valence-electron chi connectivity index (χ0n) is 12.5. The lowest BCUT2D eigenvalue weighted by Gasteiger charge is -2.45. The van der Waals surface area contributed by atoms with Gasteiger partial charge in [-0.25, -0.2) is 0 Å². The van der Waals surface area contributed by atoms with Gasteiger partial charge in [0.15, 0.2) is 0 Å². The second kappa shape index (κ2) is 4.21. The second-order valence-electron chi connectivity index (χ2n) is 7.37. The van der Waals surface area contributed by atoms with E-state index >= 15 is 0 Å². The molecule has 3 aliphatic carbocycles. The van der Waals surface area contributed by atoms with Crippen molar-refractivity contribution in [2.45, 2.75) is 52.1 Å². The van der Waals surface area contributed by atoms with Crippen LogP contribution < -0.4 is 0 Å². The van der Waals surface area contributed by atoms with Crippen LogP contribution in [0, 0.1) is 24.2 Å². The van der Waals surface area contributed by atoms with Crippen LogP contribution in [0.15, 0.2) is 24.3 Å². The lowest BCUT2D eigenvalue weighted by molar-refractivity contribution is 0.0251. The minimum absolute atomic E-state index is 0.0929. The second-order valence-corrected chi connectivity index (χ2v) is 7.37. The monoisotopic (exact) mass is 268 g/mol. The van der Waals surface area contributed by atoms with Crippen LogP contribution in [0.5, 0.6) is 0 Å². The number of allylic oxidation sites excluding steroid dienone is 2. The highest BCUT2D eigenvalue weighted by molar-refractivity contribution is 5.73. The van der Waals surface area contributed by atoms with E-state index in [1.54, 1.807) is 5.57 Å². The summed E-state index contributed by atoms with van der Waals surface area (Å²) < 4.78 is 0. The zero-order chi connectivity index (χ0) is 13.9. The summed E-state index contributed by atoms with van der Waals surface area (Å²) in [5.74, 6) is 1.37. The standard InChI is InChI=1S/C19H24O/c1-12-3-5-14-13(11-12)4-6-16-15(14)9-10-19(2)17(16)7-8-18(19)20/h3,5,9,11,16-18,20H,4,6-8,10H2,1-2H3/t16?,17?,18?,19-/m0/s1. The minimum atomic E-state index is -0.0929. The smallest absolute Gasteiger partial charge is 0.0599 e. The predicted molar refractivity (Wildman–Crippen MR) is 82.4 cm³/mol. The van der Waals surface area contributed by atoms with Gasteiger partial charge in [0, 0.05) is 5.41 Å². The fourth-order valence-corrected chi connectivity index (χ4v) is 5.08. The summed E-state index contributed by atoms with van der Waals surface area (Å²) in [5, 5.41) is 10.4. The molecule has 0 saturated heterocycles. The summed E-state index contributed by atoms with van der Waals surface area (Å²) in [5.41, 5.74) is 6.13. The van der Waals surface area contributed by atoms with Gasteiger partial charge in [0.25, 0.3) is 0 Å². The fraction of sp³-hybridized carbons (Fsp3) is 0.579. The third-order valence-electron chi connectivity index (χ3n) is 6.30. The normalized spacial score (nSPS) is 38.8. The average molecular weight is 268 g/mol. The molecule has 1 saturated carbocycles. The Kier molecular flexibility index (Phi) is 2.66. The van der Waals surface area contributed by atoms with Crippen molar-refractivity contribution >= 4 is 5.57 Å². The van der Waals surface area contributed by atoms with Crippen molar-refractivity contribution in [2.75, 3.05) is 0 Å². The van der Waals surface area contributed by atoms with Gasteiger partial charge >= 0.3 is 0 Å². The maximum atomic E-state index is 10.4. The largest absolute Gasteiger partial charge is 0.393 e. The van der Waals surface area contributed by atoms with Crippen molar-refractivity contribution in [3.05, 3.63) is 41.0 Å². The minimum Gasteiger partial charge on any atom is -0.393 e. The van der Waals surface area contributed by atoms with Crippen molar-refractivity contribution in [3.8, 4) is 0 Å². The topological polar surface area (TPSA) is 20.2 Å². The van der Waals surface area contributed by atoms with E-state index in [2.05, 4.69) is 38.1 Å². The van der Waals surface area contributed by atoms with E-state index in [9.17, 15) is 5.11 Å². The number of fused-ring (bicyclic) bond motifs is 5. The molecule has 0 radical (unpaired) electrons. The Bertz CT molecular complexity index is 585. The van der Waals surface area contributed by atoms with Crippen LogP contribution in [-0.2, 0) is 6.42 Å². The third-order valence-corrected chi connectivity index (χ3v) is 6.30. The van der Waals surface area contributed by atoms with E-state index in [0.717, 1.165) is 12.8 Å². The third kappa shape index (κ3) is 1.59. The molecule has 106 valence electrons. The number of aliphatic hydroxyl groups excluding tert-OH is 1. The first-order chi connectivity index (χ1) is 9.59. The van der Waals surface area contributed by atoms with E-state index in [0.29, 0.717) is 11.8 Å². The van der Waals surface area contributed by atoms with Crippen LogP contribution in [0.2, 0.25) is 0 Å². The number of rotatable bonds is 0. The molecule has 0 amide bonds. The van der Waals surface area contributed by atoms with Crippen molar-refractivity contribution in [1.29, 1.82) is 0 Å². The molecule has 4 atom stereocenters. The highest BCUT2D eigenvalue weighted by atomic mass is 16.3. The molecule has 0 heterocycles. The van der Waals surface area contributed by atoms with Crippen LogP contribution in [0.25, 0.3) is 5.57 Å². The summed E-state index contributed by atoms with van der Waals surface area (Å²) in [6.07, 6.45) is 8.10. The zero-order valence-corrected chi connectivity index (χ0v) is 12.5. The molecule has 1 nitrogen and oxygen atoms in total. The first-order valence-electron chi connectivity index (χ1n) is 8.07. The molecule has 1 heteroatoms. The molecule has 1 fully saturated rings. The number of hydrogen-bond acceptors (Lipinski definition) is 1. The Labute approximate surface area is 121 Å². The van der Waals surface area contributed by atoms with Crippen LogP contribution >= 0.6 is 0 Å². The lowest BCUT2D eigenvalue weighted by Crippen LogP contribution is -2.40. The maximum Gasteiger partial charge on any atom is 0.0599 e. The summed E-state index contributed by atoms with van der Waals surface area (Å²) in [6, 6.07) is 6.94. The molecule has 3 unspecified atom stereocenters. The van der Waals surface area contributed by atoms with Crippen molar-refractivity contribution in [3.63, 3.8) is 0 Å². The Morgan fingerprint density at radius 1 is 1.20 bits per heavy atom. The first-order valence-corrected chi connectivity index (χ1v) is 8.07. The SMILES string of the molecule is Cc1ccc2c(c1)CCC1C2=CC[C@]2(C)C(O)CCC12. The number of benzene rings is 1. The predicted octanol–water partition coefficient (Wildman–Crippen LogP) is 4.12. The van der Waals surface area contributed by atoms with Gasteiger partial charge in [0.1, 0.15) is 0 Å².